The molecule has 12 nitrogen and oxygen atoms in total. The van der Waals surface area contributed by atoms with E-state index in [2.05, 4.69) is 4.74 Å². The maximum absolute atomic E-state index is 12.1. The molecule has 0 aliphatic rings. The lowest BCUT2D eigenvalue weighted by Crippen LogP contribution is -2.39. The number of aliphatic hydroxyl groups excluding tert-OH is 1. The summed E-state index contributed by atoms with van der Waals surface area (Å²) in [6, 6.07) is 0. The number of hydrogen-bond acceptors (Lipinski definition) is 9. The van der Waals surface area contributed by atoms with Gasteiger partial charge >= 0.3 is 29.8 Å². The number of hydrogen-bond donors (Lipinski definition) is 3. The van der Waals surface area contributed by atoms with Crippen LogP contribution in [0.2, 0.25) is 0 Å². The third kappa shape index (κ3) is 13.1. The largest absolute Gasteiger partial charge is 0.481 e. The van der Waals surface area contributed by atoms with Gasteiger partial charge in [0.25, 0.3) is 0 Å². The summed E-state index contributed by atoms with van der Waals surface area (Å²) in [5, 5.41) is 28.3. The van der Waals surface area contributed by atoms with Crippen molar-refractivity contribution in [2.45, 2.75) is 70.7 Å². The number of aliphatic carboxylic acids is 2. The van der Waals surface area contributed by atoms with Crippen molar-refractivity contribution in [2.75, 3.05) is 34.3 Å². The summed E-state index contributed by atoms with van der Waals surface area (Å²) >= 11 is 0. The highest BCUT2D eigenvalue weighted by Gasteiger charge is 2.35. The van der Waals surface area contributed by atoms with Crippen LogP contribution in [0.4, 0.5) is 0 Å². The van der Waals surface area contributed by atoms with Crippen LogP contribution in [0.3, 0.4) is 0 Å². The Morgan fingerprint density at radius 2 is 1.50 bits per heavy atom. The van der Waals surface area contributed by atoms with Crippen molar-refractivity contribution in [1.29, 1.82) is 0 Å². The van der Waals surface area contributed by atoms with Crippen LogP contribution in [0.1, 0.15) is 52.4 Å². The third-order valence-corrected chi connectivity index (χ3v) is 4.91. The number of ether oxygens (including phenoxy) is 3. The molecule has 3 N–H and O–H groups in total. The van der Waals surface area contributed by atoms with Gasteiger partial charge in [-0.15, -0.1) is 0 Å². The van der Waals surface area contributed by atoms with Crippen LogP contribution in [-0.4, -0.2) is 102 Å². The van der Waals surface area contributed by atoms with Crippen molar-refractivity contribution < 1.29 is 58.0 Å². The molecule has 0 fully saturated rings. The zero-order valence-electron chi connectivity index (χ0n) is 20.5. The molecule has 0 spiro atoms. The molecule has 0 saturated carbocycles. The summed E-state index contributed by atoms with van der Waals surface area (Å²) in [5.74, 6) is -7.02. The summed E-state index contributed by atoms with van der Waals surface area (Å²) in [4.78, 5) is 58.4. The third-order valence-electron chi connectivity index (χ3n) is 4.91. The van der Waals surface area contributed by atoms with Crippen molar-refractivity contribution >= 4 is 29.8 Å². The molecule has 34 heavy (non-hydrogen) atoms. The van der Waals surface area contributed by atoms with E-state index < -0.39 is 54.1 Å². The highest BCUT2D eigenvalue weighted by atomic mass is 16.6. The molecule has 4 unspecified atom stereocenters. The van der Waals surface area contributed by atoms with E-state index in [9.17, 15) is 34.2 Å². The zero-order chi connectivity index (χ0) is 26.5. The minimum Gasteiger partial charge on any atom is -0.481 e. The predicted octanol–water partition coefficient (Wildman–Crippen LogP) is 0.586. The Morgan fingerprint density at radius 1 is 0.882 bits per heavy atom. The summed E-state index contributed by atoms with van der Waals surface area (Å²) in [6.07, 6.45) is -4.56. The second kappa shape index (κ2) is 15.2. The summed E-state index contributed by atoms with van der Waals surface area (Å²) < 4.78 is 15.7. The van der Waals surface area contributed by atoms with Crippen LogP contribution in [-0.2, 0) is 38.2 Å². The number of likely N-dealkylation sites (N-methyl/N-ethyl adjacent to an activating group) is 1. The first-order chi connectivity index (χ1) is 15.7. The van der Waals surface area contributed by atoms with Gasteiger partial charge in [0, 0.05) is 6.42 Å². The van der Waals surface area contributed by atoms with Gasteiger partial charge in [-0.25, -0.2) is 9.59 Å². The van der Waals surface area contributed by atoms with Gasteiger partial charge in [0.15, 0.2) is 12.2 Å². The van der Waals surface area contributed by atoms with Crippen LogP contribution in [0.15, 0.2) is 0 Å². The molecule has 0 heterocycles. The van der Waals surface area contributed by atoms with Gasteiger partial charge in [0.1, 0.15) is 19.3 Å². The van der Waals surface area contributed by atoms with Crippen molar-refractivity contribution in [3.05, 3.63) is 0 Å². The highest BCUT2D eigenvalue weighted by molar-refractivity contribution is 5.85. The molecule has 4 atom stereocenters. The Bertz CT molecular complexity index is 701. The molecule has 196 valence electrons. The van der Waals surface area contributed by atoms with Crippen molar-refractivity contribution in [3.8, 4) is 0 Å². The quantitative estimate of drug-likeness (QED) is 0.147. The van der Waals surface area contributed by atoms with E-state index in [-0.39, 0.29) is 38.7 Å². The lowest BCUT2D eigenvalue weighted by molar-refractivity contribution is -0.870. The number of carbonyl (C=O) groups excluding carboxylic acids is 3. The van der Waals surface area contributed by atoms with Crippen molar-refractivity contribution in [1.82, 2.24) is 0 Å². The van der Waals surface area contributed by atoms with Crippen LogP contribution < -0.4 is 0 Å². The normalized spacial score (nSPS) is 14.9. The average Bonchev–Trinajstić information content (AvgIpc) is 2.72. The Balaban J connectivity index is 4.63. The van der Waals surface area contributed by atoms with E-state index in [0.717, 1.165) is 0 Å². The number of nitrogens with zero attached hydrogens (tertiary/aromatic N) is 1. The van der Waals surface area contributed by atoms with Crippen LogP contribution in [0.5, 0.6) is 0 Å². The first-order valence-corrected chi connectivity index (χ1v) is 11.2. The molecule has 0 aliphatic carbocycles. The van der Waals surface area contributed by atoms with Gasteiger partial charge in [-0.2, -0.15) is 0 Å². The number of quaternary nitrogens is 1. The monoisotopic (exact) mass is 492 g/mol. The molecular formula is C22H38NO11+. The van der Waals surface area contributed by atoms with E-state index in [4.69, 9.17) is 14.6 Å². The Hall–Kier alpha value is -2.73. The fraction of sp³-hybridized carbons (Fsp3) is 0.773. The van der Waals surface area contributed by atoms with Crippen LogP contribution >= 0.6 is 0 Å². The Labute approximate surface area is 199 Å². The summed E-state index contributed by atoms with van der Waals surface area (Å²) in [5.41, 5.74) is 0. The van der Waals surface area contributed by atoms with E-state index in [1.807, 2.05) is 21.1 Å². The van der Waals surface area contributed by atoms with E-state index >= 15 is 0 Å². The number of aliphatic hydroxyl groups is 1. The smallest absolute Gasteiger partial charge is 0.345 e. The summed E-state index contributed by atoms with van der Waals surface area (Å²) in [6.45, 7) is 4.05. The fourth-order valence-corrected chi connectivity index (χ4v) is 2.76. The van der Waals surface area contributed by atoms with E-state index in [1.165, 1.54) is 6.92 Å². The predicted molar refractivity (Wildman–Crippen MR) is 117 cm³/mol. The van der Waals surface area contributed by atoms with Crippen LogP contribution in [0, 0.1) is 5.92 Å². The second-order valence-electron chi connectivity index (χ2n) is 8.91. The fourth-order valence-electron chi connectivity index (χ4n) is 2.76. The van der Waals surface area contributed by atoms with Crippen molar-refractivity contribution in [2.24, 2.45) is 5.92 Å². The molecule has 0 aromatic rings. The topological polar surface area (TPSA) is 174 Å². The van der Waals surface area contributed by atoms with E-state index in [0.29, 0.717) is 17.4 Å². The molecule has 0 aromatic heterocycles. The molecule has 0 saturated heterocycles. The number of carbonyl (C=O) groups is 5. The highest BCUT2D eigenvalue weighted by Crippen LogP contribution is 2.17. The first-order valence-electron chi connectivity index (χ1n) is 11.2. The maximum Gasteiger partial charge on any atom is 0.345 e. The van der Waals surface area contributed by atoms with Gasteiger partial charge < -0.3 is 34.0 Å². The molecule has 0 amide bonds. The summed E-state index contributed by atoms with van der Waals surface area (Å²) in [7, 11) is 5.87. The van der Waals surface area contributed by atoms with Gasteiger partial charge in [0.05, 0.1) is 33.5 Å². The SMILES string of the molecule is CCC(CC(=O)OCC[N+](C)(C)C)OC(=O)CCCC(C(=O)O)C(O)C(=O)OC(CC)C(=O)O. The van der Waals surface area contributed by atoms with Crippen LogP contribution in [0.25, 0.3) is 0 Å². The minimum atomic E-state index is -2.09. The molecule has 12 heteroatoms. The zero-order valence-corrected chi connectivity index (χ0v) is 20.5. The number of carboxylic acid groups (broad SMARTS) is 2. The standard InChI is InChI=1S/C22H37NO11/c1-6-14(13-18(25)32-12-11-23(3,4)5)33-17(24)10-8-9-15(20(27)28)19(26)22(31)34-16(7-2)21(29)30/h14-16,19,26H,6-13H2,1-5H3,(H-,27,28,29,30)/p+1. The van der Waals surface area contributed by atoms with Gasteiger partial charge in [-0.3, -0.25) is 14.4 Å². The second-order valence-corrected chi connectivity index (χ2v) is 8.91. The van der Waals surface area contributed by atoms with Gasteiger partial charge in [0.2, 0.25) is 0 Å². The molecule has 0 rings (SSSR count). The number of carboxylic acids is 2. The molecule has 0 bridgehead atoms. The first kappa shape index (κ1) is 31.3. The lowest BCUT2D eigenvalue weighted by Gasteiger charge is -2.23. The van der Waals surface area contributed by atoms with E-state index in [1.54, 1.807) is 6.92 Å². The minimum absolute atomic E-state index is 0.0271. The Morgan fingerprint density at radius 3 is 1.97 bits per heavy atom. The molecular weight excluding hydrogens is 454 g/mol. The average molecular weight is 493 g/mol. The molecule has 0 aliphatic heterocycles. The number of esters is 3. The van der Waals surface area contributed by atoms with Gasteiger partial charge in [-0.1, -0.05) is 13.8 Å². The van der Waals surface area contributed by atoms with Crippen molar-refractivity contribution in [3.63, 3.8) is 0 Å². The molecule has 0 aromatic carbocycles. The number of rotatable bonds is 17. The Kier molecular flexibility index (Phi) is 14.0. The molecule has 0 radical (unpaired) electrons. The lowest BCUT2D eigenvalue weighted by atomic mass is 9.96. The maximum atomic E-state index is 12.1. The van der Waals surface area contributed by atoms with Gasteiger partial charge in [-0.05, 0) is 25.7 Å².